The molecule has 0 aliphatic heterocycles. The number of aryl methyl sites for hydroxylation is 1. The molecular weight excluding hydrogens is 174 g/mol. The second kappa shape index (κ2) is 2.41. The van der Waals surface area contributed by atoms with Gasteiger partial charge in [0.15, 0.2) is 0 Å². The first-order chi connectivity index (χ1) is 5.62. The summed E-state index contributed by atoms with van der Waals surface area (Å²) in [6.07, 6.45) is 3.70. The Bertz CT molecular complexity index is 320. The van der Waals surface area contributed by atoms with Crippen molar-refractivity contribution >= 4 is 11.6 Å². The van der Waals surface area contributed by atoms with E-state index >= 15 is 0 Å². The minimum absolute atomic E-state index is 0.231. The van der Waals surface area contributed by atoms with E-state index in [0.717, 1.165) is 18.4 Å². The molecule has 0 bridgehead atoms. The van der Waals surface area contributed by atoms with Gasteiger partial charge in [-0.3, -0.25) is 0 Å². The van der Waals surface area contributed by atoms with Gasteiger partial charge in [-0.25, -0.2) is 9.97 Å². The molecule has 0 radical (unpaired) electrons. The molecule has 64 valence electrons. The van der Waals surface area contributed by atoms with Gasteiger partial charge in [-0.15, -0.1) is 0 Å². The molecule has 4 heteroatoms. The Hall–Kier alpha value is -0.670. The Morgan fingerprint density at radius 3 is 2.75 bits per heavy atom. The van der Waals surface area contributed by atoms with Gasteiger partial charge in [0, 0.05) is 17.3 Å². The van der Waals surface area contributed by atoms with Crippen LogP contribution in [0.1, 0.15) is 24.2 Å². The summed E-state index contributed by atoms with van der Waals surface area (Å²) in [5.74, 6) is 0.688. The molecule has 1 aliphatic rings. The monoisotopic (exact) mass is 183 g/mol. The molecule has 0 saturated heterocycles. The van der Waals surface area contributed by atoms with Crippen LogP contribution in [0.2, 0.25) is 5.15 Å². The lowest BCUT2D eigenvalue weighted by molar-refractivity contribution is 0.725. The summed E-state index contributed by atoms with van der Waals surface area (Å²) in [6.45, 7) is 1.81. The number of nitrogens with zero attached hydrogens (tertiary/aromatic N) is 2. The van der Waals surface area contributed by atoms with E-state index in [0.29, 0.717) is 11.0 Å². The van der Waals surface area contributed by atoms with Gasteiger partial charge < -0.3 is 5.73 Å². The summed E-state index contributed by atoms with van der Waals surface area (Å²) < 4.78 is 0. The van der Waals surface area contributed by atoms with Gasteiger partial charge in [-0.05, 0) is 19.8 Å². The van der Waals surface area contributed by atoms with Crippen molar-refractivity contribution in [2.24, 2.45) is 5.73 Å². The number of halogens is 1. The first-order valence-electron chi connectivity index (χ1n) is 3.90. The predicted molar refractivity (Wildman–Crippen MR) is 46.9 cm³/mol. The van der Waals surface area contributed by atoms with Crippen molar-refractivity contribution in [3.05, 3.63) is 22.7 Å². The molecule has 0 atom stereocenters. The van der Waals surface area contributed by atoms with E-state index in [4.69, 9.17) is 17.3 Å². The molecule has 1 aromatic rings. The van der Waals surface area contributed by atoms with E-state index < -0.39 is 0 Å². The Labute approximate surface area is 76.0 Å². The minimum Gasteiger partial charge on any atom is -0.321 e. The zero-order chi connectivity index (χ0) is 8.77. The van der Waals surface area contributed by atoms with Gasteiger partial charge in [0.05, 0.1) is 0 Å². The fourth-order valence-electron chi connectivity index (χ4n) is 1.18. The van der Waals surface area contributed by atoms with Crippen LogP contribution in [-0.4, -0.2) is 9.97 Å². The Kier molecular flexibility index (Phi) is 1.59. The highest BCUT2D eigenvalue weighted by atomic mass is 35.5. The number of nitrogens with two attached hydrogens (primary N) is 1. The maximum absolute atomic E-state index is 5.95. The standard InChI is InChI=1S/C8H10ClN3/c1-5-11-4-6(7(9)12-5)8(10)2-3-8/h4H,2-3,10H2,1H3. The molecular formula is C8H10ClN3. The van der Waals surface area contributed by atoms with E-state index in [1.165, 1.54) is 0 Å². The van der Waals surface area contributed by atoms with Crippen molar-refractivity contribution in [2.45, 2.75) is 25.3 Å². The molecule has 0 spiro atoms. The molecule has 1 saturated carbocycles. The summed E-state index contributed by atoms with van der Waals surface area (Å²) in [6, 6.07) is 0. The van der Waals surface area contributed by atoms with Crippen LogP contribution in [0.5, 0.6) is 0 Å². The van der Waals surface area contributed by atoms with Crippen molar-refractivity contribution in [1.29, 1.82) is 0 Å². The van der Waals surface area contributed by atoms with Crippen molar-refractivity contribution in [3.8, 4) is 0 Å². The van der Waals surface area contributed by atoms with Crippen LogP contribution < -0.4 is 5.73 Å². The third-order valence-corrected chi connectivity index (χ3v) is 2.48. The predicted octanol–water partition coefficient (Wildman–Crippen LogP) is 1.39. The van der Waals surface area contributed by atoms with Crippen molar-refractivity contribution < 1.29 is 0 Å². The van der Waals surface area contributed by atoms with Crippen LogP contribution in [0, 0.1) is 6.92 Å². The van der Waals surface area contributed by atoms with Crippen LogP contribution in [0.4, 0.5) is 0 Å². The average molecular weight is 184 g/mol. The molecule has 0 unspecified atom stereocenters. The minimum atomic E-state index is -0.231. The molecule has 12 heavy (non-hydrogen) atoms. The van der Waals surface area contributed by atoms with E-state index in [9.17, 15) is 0 Å². The lowest BCUT2D eigenvalue weighted by atomic mass is 10.1. The molecule has 1 aromatic heterocycles. The van der Waals surface area contributed by atoms with Crippen molar-refractivity contribution in [2.75, 3.05) is 0 Å². The molecule has 3 nitrogen and oxygen atoms in total. The number of hydrogen-bond donors (Lipinski definition) is 1. The molecule has 1 heterocycles. The van der Waals surface area contributed by atoms with E-state index in [-0.39, 0.29) is 5.54 Å². The Morgan fingerprint density at radius 2 is 2.25 bits per heavy atom. The van der Waals surface area contributed by atoms with Gasteiger partial charge in [-0.2, -0.15) is 0 Å². The summed E-state index contributed by atoms with van der Waals surface area (Å²) >= 11 is 5.92. The quantitative estimate of drug-likeness (QED) is 0.670. The normalized spacial score (nSPS) is 19.2. The summed E-state index contributed by atoms with van der Waals surface area (Å²) in [7, 11) is 0. The maximum Gasteiger partial charge on any atom is 0.137 e. The highest BCUT2D eigenvalue weighted by molar-refractivity contribution is 6.30. The van der Waals surface area contributed by atoms with Gasteiger partial charge >= 0.3 is 0 Å². The molecule has 0 aromatic carbocycles. The van der Waals surface area contributed by atoms with Gasteiger partial charge in [-0.1, -0.05) is 11.6 Å². The third-order valence-electron chi connectivity index (χ3n) is 2.19. The van der Waals surface area contributed by atoms with Gasteiger partial charge in [0.2, 0.25) is 0 Å². The van der Waals surface area contributed by atoms with Crippen LogP contribution in [-0.2, 0) is 5.54 Å². The summed E-state index contributed by atoms with van der Waals surface area (Å²) in [4.78, 5) is 8.13. The second-order valence-electron chi connectivity index (χ2n) is 3.28. The van der Waals surface area contributed by atoms with E-state index in [2.05, 4.69) is 9.97 Å². The Balaban J connectivity index is 2.45. The lowest BCUT2D eigenvalue weighted by Gasteiger charge is -2.09. The average Bonchev–Trinajstić information content (AvgIpc) is 2.68. The molecule has 2 rings (SSSR count). The molecule has 1 fully saturated rings. The summed E-state index contributed by atoms with van der Waals surface area (Å²) in [5, 5.41) is 0.502. The number of hydrogen-bond acceptors (Lipinski definition) is 3. The highest BCUT2D eigenvalue weighted by Crippen LogP contribution is 2.44. The molecule has 1 aliphatic carbocycles. The van der Waals surface area contributed by atoms with Crippen LogP contribution in [0.3, 0.4) is 0 Å². The van der Waals surface area contributed by atoms with Gasteiger partial charge in [0.25, 0.3) is 0 Å². The second-order valence-corrected chi connectivity index (χ2v) is 3.64. The molecule has 0 amide bonds. The lowest BCUT2D eigenvalue weighted by Crippen LogP contribution is -2.20. The highest BCUT2D eigenvalue weighted by Gasteiger charge is 2.42. The fourth-order valence-corrected chi connectivity index (χ4v) is 1.54. The van der Waals surface area contributed by atoms with E-state index in [1.807, 2.05) is 6.92 Å². The maximum atomic E-state index is 5.95. The first-order valence-corrected chi connectivity index (χ1v) is 4.28. The Morgan fingerprint density at radius 1 is 1.58 bits per heavy atom. The first kappa shape index (κ1) is 7.95. The third kappa shape index (κ3) is 1.19. The zero-order valence-corrected chi connectivity index (χ0v) is 7.60. The van der Waals surface area contributed by atoms with Gasteiger partial charge in [0.1, 0.15) is 11.0 Å². The smallest absolute Gasteiger partial charge is 0.137 e. The van der Waals surface area contributed by atoms with Crippen LogP contribution in [0.15, 0.2) is 6.20 Å². The SMILES string of the molecule is Cc1ncc(C2(N)CC2)c(Cl)n1. The zero-order valence-electron chi connectivity index (χ0n) is 6.84. The van der Waals surface area contributed by atoms with E-state index in [1.54, 1.807) is 6.20 Å². The summed E-state index contributed by atoms with van der Waals surface area (Å²) in [5.41, 5.74) is 6.61. The largest absolute Gasteiger partial charge is 0.321 e. The fraction of sp³-hybridized carbons (Fsp3) is 0.500. The van der Waals surface area contributed by atoms with Crippen molar-refractivity contribution in [3.63, 3.8) is 0 Å². The van der Waals surface area contributed by atoms with Crippen LogP contribution >= 0.6 is 11.6 Å². The van der Waals surface area contributed by atoms with Crippen LogP contribution in [0.25, 0.3) is 0 Å². The number of rotatable bonds is 1. The topological polar surface area (TPSA) is 51.8 Å². The molecule has 2 N–H and O–H groups in total. The number of aromatic nitrogens is 2. The van der Waals surface area contributed by atoms with Crippen molar-refractivity contribution in [1.82, 2.24) is 9.97 Å².